The fourth-order valence-corrected chi connectivity index (χ4v) is 3.06. The molecule has 0 radical (unpaired) electrons. The molecule has 1 nitrogen and oxygen atoms in total. The van der Waals surface area contributed by atoms with E-state index in [1.165, 1.54) is 32.1 Å². The summed E-state index contributed by atoms with van der Waals surface area (Å²) in [5, 5.41) is 4.93. The van der Waals surface area contributed by atoms with E-state index in [1.54, 1.807) is 0 Å². The second-order valence-corrected chi connectivity index (χ2v) is 5.68. The van der Waals surface area contributed by atoms with Gasteiger partial charge in [-0.2, -0.15) is 0 Å². The van der Waals surface area contributed by atoms with Gasteiger partial charge in [-0.1, -0.05) is 42.6 Å². The zero-order valence-electron chi connectivity index (χ0n) is 10.2. The van der Waals surface area contributed by atoms with Gasteiger partial charge in [0.15, 0.2) is 0 Å². The van der Waals surface area contributed by atoms with Crippen LogP contribution in [0, 0.1) is 5.92 Å². The molecule has 3 heteroatoms. The van der Waals surface area contributed by atoms with Crippen molar-refractivity contribution in [1.29, 1.82) is 0 Å². The second kappa shape index (κ2) is 5.97. The molecule has 0 saturated heterocycles. The zero-order chi connectivity index (χ0) is 12.3. The summed E-state index contributed by atoms with van der Waals surface area (Å²) in [7, 11) is 0. The molecule has 1 saturated carbocycles. The van der Waals surface area contributed by atoms with Crippen LogP contribution in [0.3, 0.4) is 0 Å². The lowest BCUT2D eigenvalue weighted by molar-refractivity contribution is 0.330. The van der Waals surface area contributed by atoms with E-state index in [4.69, 9.17) is 23.2 Å². The minimum Gasteiger partial charge on any atom is -0.380 e. The van der Waals surface area contributed by atoms with E-state index in [0.717, 1.165) is 21.7 Å². The summed E-state index contributed by atoms with van der Waals surface area (Å²) in [6, 6.07) is 6.17. The first-order valence-electron chi connectivity index (χ1n) is 6.41. The van der Waals surface area contributed by atoms with Crippen molar-refractivity contribution in [2.75, 3.05) is 5.32 Å². The van der Waals surface area contributed by atoms with Crippen molar-refractivity contribution in [1.82, 2.24) is 0 Å². The molecule has 1 aromatic carbocycles. The van der Waals surface area contributed by atoms with Crippen molar-refractivity contribution >= 4 is 28.9 Å². The maximum Gasteiger partial charge on any atom is 0.0721 e. The van der Waals surface area contributed by atoms with Crippen LogP contribution in [0.25, 0.3) is 0 Å². The van der Waals surface area contributed by atoms with Gasteiger partial charge in [0, 0.05) is 6.04 Å². The summed E-state index contributed by atoms with van der Waals surface area (Å²) < 4.78 is 0. The Bertz CT molecular complexity index is 350. The van der Waals surface area contributed by atoms with Crippen LogP contribution in [0.2, 0.25) is 10.0 Å². The fraction of sp³-hybridized carbons (Fsp3) is 0.571. The van der Waals surface area contributed by atoms with E-state index in [1.807, 2.05) is 18.2 Å². The van der Waals surface area contributed by atoms with Crippen LogP contribution in [0.15, 0.2) is 18.2 Å². The van der Waals surface area contributed by atoms with Gasteiger partial charge >= 0.3 is 0 Å². The number of rotatable bonds is 3. The molecular weight excluding hydrogens is 253 g/mol. The van der Waals surface area contributed by atoms with Gasteiger partial charge in [0.25, 0.3) is 0 Å². The third kappa shape index (κ3) is 3.29. The van der Waals surface area contributed by atoms with E-state index in [-0.39, 0.29) is 0 Å². The largest absolute Gasteiger partial charge is 0.380 e. The van der Waals surface area contributed by atoms with Crippen LogP contribution in [-0.4, -0.2) is 6.04 Å². The minimum atomic E-state index is 0.523. The Labute approximate surface area is 114 Å². The number of nitrogens with one attached hydrogen (secondary N) is 1. The fourth-order valence-electron chi connectivity index (χ4n) is 2.55. The van der Waals surface area contributed by atoms with Crippen molar-refractivity contribution in [3.63, 3.8) is 0 Å². The van der Waals surface area contributed by atoms with E-state index >= 15 is 0 Å². The lowest BCUT2D eigenvalue weighted by Crippen LogP contribution is -2.26. The molecule has 0 heterocycles. The first-order chi connectivity index (χ1) is 8.20. The van der Waals surface area contributed by atoms with Crippen molar-refractivity contribution in [3.05, 3.63) is 28.2 Å². The number of hydrogen-bond acceptors (Lipinski definition) is 1. The predicted molar refractivity (Wildman–Crippen MR) is 76.1 cm³/mol. The number of hydrogen-bond donors (Lipinski definition) is 1. The van der Waals surface area contributed by atoms with E-state index in [9.17, 15) is 0 Å². The molecule has 0 bridgehead atoms. The lowest BCUT2D eigenvalue weighted by atomic mass is 9.84. The van der Waals surface area contributed by atoms with E-state index < -0.39 is 0 Å². The Morgan fingerprint density at radius 3 is 2.24 bits per heavy atom. The second-order valence-electron chi connectivity index (χ2n) is 4.87. The minimum absolute atomic E-state index is 0.523. The van der Waals surface area contributed by atoms with Gasteiger partial charge in [-0.25, -0.2) is 0 Å². The molecule has 1 aliphatic rings. The molecule has 2 rings (SSSR count). The van der Waals surface area contributed by atoms with Crippen LogP contribution in [0.4, 0.5) is 5.69 Å². The quantitative estimate of drug-likeness (QED) is 0.779. The number of para-hydroxylation sites is 1. The predicted octanol–water partition coefficient (Wildman–Crippen LogP) is 5.37. The molecule has 0 spiro atoms. The average Bonchev–Trinajstić information content (AvgIpc) is 2.35. The van der Waals surface area contributed by atoms with Crippen LogP contribution in [0.1, 0.15) is 39.0 Å². The summed E-state index contributed by atoms with van der Waals surface area (Å²) in [6.07, 6.45) is 6.38. The highest BCUT2D eigenvalue weighted by Crippen LogP contribution is 2.34. The van der Waals surface area contributed by atoms with Crippen LogP contribution in [-0.2, 0) is 0 Å². The Morgan fingerprint density at radius 1 is 1.12 bits per heavy atom. The van der Waals surface area contributed by atoms with Gasteiger partial charge in [-0.15, -0.1) is 0 Å². The summed E-state index contributed by atoms with van der Waals surface area (Å²) in [5.41, 5.74) is 0.899. The highest BCUT2D eigenvalue weighted by atomic mass is 35.5. The number of benzene rings is 1. The molecule has 1 fully saturated rings. The third-order valence-electron chi connectivity index (χ3n) is 3.74. The van der Waals surface area contributed by atoms with Gasteiger partial charge in [-0.05, 0) is 43.7 Å². The molecule has 0 atom stereocenters. The van der Waals surface area contributed by atoms with Gasteiger partial charge in [0.1, 0.15) is 0 Å². The van der Waals surface area contributed by atoms with Gasteiger partial charge in [0.05, 0.1) is 15.7 Å². The SMILES string of the molecule is CCC1CCC(Nc2c(Cl)cccc2Cl)CC1. The number of halogens is 2. The highest BCUT2D eigenvalue weighted by Gasteiger charge is 2.20. The zero-order valence-corrected chi connectivity index (χ0v) is 11.7. The Morgan fingerprint density at radius 2 is 1.71 bits per heavy atom. The number of anilines is 1. The van der Waals surface area contributed by atoms with Crippen molar-refractivity contribution in [2.45, 2.75) is 45.1 Å². The first kappa shape index (κ1) is 13.0. The third-order valence-corrected chi connectivity index (χ3v) is 4.37. The highest BCUT2D eigenvalue weighted by molar-refractivity contribution is 6.39. The topological polar surface area (TPSA) is 12.0 Å². The molecule has 1 aromatic rings. The van der Waals surface area contributed by atoms with E-state index in [0.29, 0.717) is 6.04 Å². The molecule has 0 aromatic heterocycles. The average molecular weight is 272 g/mol. The summed E-state index contributed by atoms with van der Waals surface area (Å²) in [6.45, 7) is 2.28. The Balaban J connectivity index is 1.98. The van der Waals surface area contributed by atoms with Crippen molar-refractivity contribution < 1.29 is 0 Å². The van der Waals surface area contributed by atoms with Crippen LogP contribution in [0.5, 0.6) is 0 Å². The molecule has 1 aliphatic carbocycles. The maximum absolute atomic E-state index is 6.16. The molecular formula is C14H19Cl2N. The summed E-state index contributed by atoms with van der Waals surface area (Å²) in [4.78, 5) is 0. The smallest absolute Gasteiger partial charge is 0.0721 e. The first-order valence-corrected chi connectivity index (χ1v) is 7.16. The van der Waals surface area contributed by atoms with Gasteiger partial charge < -0.3 is 5.32 Å². The Kier molecular flexibility index (Phi) is 4.58. The standard InChI is InChI=1S/C14H19Cl2N/c1-2-10-6-8-11(9-7-10)17-14-12(15)4-3-5-13(14)16/h3-5,10-11,17H,2,6-9H2,1H3. The normalized spacial score (nSPS) is 24.6. The molecule has 0 unspecified atom stereocenters. The van der Waals surface area contributed by atoms with Crippen LogP contribution >= 0.6 is 23.2 Å². The maximum atomic E-state index is 6.16. The lowest BCUT2D eigenvalue weighted by Gasteiger charge is -2.29. The molecule has 1 N–H and O–H groups in total. The molecule has 94 valence electrons. The van der Waals surface area contributed by atoms with Crippen molar-refractivity contribution in [3.8, 4) is 0 Å². The molecule has 0 aliphatic heterocycles. The van der Waals surface area contributed by atoms with Gasteiger partial charge in [0.2, 0.25) is 0 Å². The van der Waals surface area contributed by atoms with Crippen molar-refractivity contribution in [2.24, 2.45) is 5.92 Å². The summed E-state index contributed by atoms with van der Waals surface area (Å²) in [5.74, 6) is 0.912. The summed E-state index contributed by atoms with van der Waals surface area (Å²) >= 11 is 12.3. The van der Waals surface area contributed by atoms with E-state index in [2.05, 4.69) is 12.2 Å². The molecule has 17 heavy (non-hydrogen) atoms. The molecule has 0 amide bonds. The Hall–Kier alpha value is -0.400. The van der Waals surface area contributed by atoms with Crippen LogP contribution < -0.4 is 5.32 Å². The monoisotopic (exact) mass is 271 g/mol. The van der Waals surface area contributed by atoms with Gasteiger partial charge in [-0.3, -0.25) is 0 Å².